The summed E-state index contributed by atoms with van der Waals surface area (Å²) in [5, 5.41) is 4.12. The van der Waals surface area contributed by atoms with Crippen LogP contribution in [0.4, 0.5) is 17.3 Å². The van der Waals surface area contributed by atoms with Gasteiger partial charge in [0.1, 0.15) is 11.4 Å². The molecule has 0 saturated carbocycles. The summed E-state index contributed by atoms with van der Waals surface area (Å²) in [4.78, 5) is 32.8. The molecule has 0 unspecified atom stereocenters. The number of ketones is 1. The van der Waals surface area contributed by atoms with E-state index >= 15 is 0 Å². The number of likely N-dealkylation sites (N-methyl/N-ethyl adjacent to an activating group) is 1. The number of piperidine rings is 1. The van der Waals surface area contributed by atoms with Gasteiger partial charge in [0, 0.05) is 69.3 Å². The zero-order valence-electron chi connectivity index (χ0n) is 23.8. The molecule has 1 aliphatic carbocycles. The van der Waals surface area contributed by atoms with E-state index in [2.05, 4.69) is 61.3 Å². The molecule has 2 aliphatic heterocycles. The Morgan fingerprint density at radius 2 is 1.71 bits per heavy atom. The molecule has 212 valence electrons. The maximum atomic E-state index is 12.7. The van der Waals surface area contributed by atoms with Crippen molar-refractivity contribution < 1.29 is 9.53 Å². The Morgan fingerprint density at radius 1 is 0.927 bits per heavy atom. The minimum absolute atomic E-state index is 0.125. The number of aromatic amines is 1. The first-order valence-corrected chi connectivity index (χ1v) is 14.7. The van der Waals surface area contributed by atoms with Crippen LogP contribution in [0.1, 0.15) is 40.7 Å². The van der Waals surface area contributed by atoms with Crippen molar-refractivity contribution in [3.63, 3.8) is 0 Å². The molecule has 0 radical (unpaired) electrons. The third-order valence-corrected chi connectivity index (χ3v) is 8.98. The molecule has 7 rings (SSSR count). The van der Waals surface area contributed by atoms with Crippen molar-refractivity contribution in [2.45, 2.75) is 38.6 Å². The fourth-order valence-electron chi connectivity index (χ4n) is 6.52. The van der Waals surface area contributed by atoms with Crippen LogP contribution in [0, 0.1) is 6.92 Å². The fraction of sp³-hybridized carbons (Fsp3) is 0.406. The number of fused-ring (bicyclic) bond motifs is 2. The van der Waals surface area contributed by atoms with Crippen LogP contribution in [0.3, 0.4) is 0 Å². The topological polar surface area (TPSA) is 89.6 Å². The number of anilines is 3. The number of H-pyrrole nitrogens is 1. The van der Waals surface area contributed by atoms with Crippen molar-refractivity contribution >= 4 is 34.1 Å². The van der Waals surface area contributed by atoms with E-state index in [0.29, 0.717) is 41.3 Å². The molecule has 0 atom stereocenters. The maximum Gasteiger partial charge on any atom is 0.233 e. The number of aryl methyl sites for hydroxylation is 1. The Morgan fingerprint density at radius 3 is 2.49 bits per heavy atom. The van der Waals surface area contributed by atoms with Gasteiger partial charge >= 0.3 is 0 Å². The molecule has 41 heavy (non-hydrogen) atoms. The molecule has 9 nitrogen and oxygen atoms in total. The second kappa shape index (κ2) is 10.8. The van der Waals surface area contributed by atoms with E-state index in [1.165, 1.54) is 44.7 Å². The van der Waals surface area contributed by atoms with E-state index in [9.17, 15) is 4.79 Å². The Kier molecular flexibility index (Phi) is 6.84. The average molecular weight is 552 g/mol. The highest BCUT2D eigenvalue weighted by Gasteiger charge is 2.28. The Hall–Kier alpha value is -3.95. The molecule has 4 aromatic rings. The Balaban J connectivity index is 1.05. The first kappa shape index (κ1) is 26.0. The van der Waals surface area contributed by atoms with Gasteiger partial charge in [-0.2, -0.15) is 9.97 Å². The van der Waals surface area contributed by atoms with Crippen LogP contribution < -0.4 is 15.0 Å². The van der Waals surface area contributed by atoms with Crippen LogP contribution in [0.2, 0.25) is 0 Å². The van der Waals surface area contributed by atoms with Gasteiger partial charge in [0.2, 0.25) is 11.8 Å². The van der Waals surface area contributed by atoms with E-state index < -0.39 is 0 Å². The summed E-state index contributed by atoms with van der Waals surface area (Å²) < 4.78 is 6.31. The Labute approximate surface area is 240 Å². The zero-order valence-corrected chi connectivity index (χ0v) is 23.8. The van der Waals surface area contributed by atoms with Gasteiger partial charge in [0.25, 0.3) is 0 Å². The first-order chi connectivity index (χ1) is 20.0. The molecule has 0 spiro atoms. The van der Waals surface area contributed by atoms with Crippen molar-refractivity contribution in [1.29, 1.82) is 0 Å². The van der Waals surface area contributed by atoms with Crippen LogP contribution in [0.5, 0.6) is 11.6 Å². The van der Waals surface area contributed by atoms with Crippen LogP contribution in [0.25, 0.3) is 11.0 Å². The average Bonchev–Trinajstić information content (AvgIpc) is 3.63. The lowest BCUT2D eigenvalue weighted by molar-refractivity contribution is 0.0982. The number of ether oxygens (including phenoxy) is 1. The van der Waals surface area contributed by atoms with Gasteiger partial charge in [-0.05, 0) is 80.8 Å². The van der Waals surface area contributed by atoms with Crippen molar-refractivity contribution in [2.75, 3.05) is 56.5 Å². The number of carbonyl (C=O) groups excluding carboxylic acids is 1. The number of carbonyl (C=O) groups is 1. The molecule has 2 aromatic carbocycles. The van der Waals surface area contributed by atoms with Gasteiger partial charge in [-0.25, -0.2) is 0 Å². The molecule has 0 amide bonds. The van der Waals surface area contributed by atoms with Gasteiger partial charge in [0.15, 0.2) is 5.78 Å². The number of rotatable bonds is 6. The van der Waals surface area contributed by atoms with Crippen LogP contribution in [0.15, 0.2) is 48.7 Å². The quantitative estimate of drug-likeness (QED) is 0.340. The van der Waals surface area contributed by atoms with Crippen LogP contribution >= 0.6 is 0 Å². The molecular formula is C32H37N7O2. The minimum Gasteiger partial charge on any atom is -0.437 e. The Bertz CT molecular complexity index is 1570. The molecule has 2 fully saturated rings. The third kappa shape index (κ3) is 5.15. The van der Waals surface area contributed by atoms with Gasteiger partial charge in [-0.3, -0.25) is 9.69 Å². The van der Waals surface area contributed by atoms with Gasteiger partial charge in [0.05, 0.1) is 10.9 Å². The summed E-state index contributed by atoms with van der Waals surface area (Å²) in [5.41, 5.74) is 5.71. The highest BCUT2D eigenvalue weighted by atomic mass is 16.5. The summed E-state index contributed by atoms with van der Waals surface area (Å²) in [6, 6.07) is 15.0. The molecule has 4 heterocycles. The molecule has 0 bridgehead atoms. The van der Waals surface area contributed by atoms with Crippen LogP contribution in [-0.4, -0.2) is 82.9 Å². The number of hydrogen-bond donors (Lipinski definition) is 2. The second-order valence-electron chi connectivity index (χ2n) is 11.6. The standard InChI is InChI=1S/C32H37N7O2/c1-21-3-10-28(29-25(21)8-9-27(29)40)41-31-26-11-14-33-30(26)35-32(36-31)34-22-4-6-23(7-5-22)38-15-12-24(13-16-38)39-19-17-37(2)18-20-39/h3-7,10-11,14,24H,8-9,12-13,15-20H2,1-2H3,(H2,33,34,35,36). The van der Waals surface area contributed by atoms with E-state index in [0.717, 1.165) is 41.7 Å². The summed E-state index contributed by atoms with van der Waals surface area (Å²) in [7, 11) is 2.22. The van der Waals surface area contributed by atoms with Gasteiger partial charge in [-0.15, -0.1) is 0 Å². The lowest BCUT2D eigenvalue weighted by Crippen LogP contribution is -2.52. The summed E-state index contributed by atoms with van der Waals surface area (Å²) in [6.07, 6.45) is 5.54. The molecule has 9 heteroatoms. The van der Waals surface area contributed by atoms with Gasteiger partial charge in [-0.1, -0.05) is 6.07 Å². The SMILES string of the molecule is Cc1ccc(Oc2nc(Nc3ccc(N4CCC(N5CCN(C)CC5)CC4)cc3)nc3[nH]ccc23)c2c1CCC2=O. The smallest absolute Gasteiger partial charge is 0.233 e. The number of benzene rings is 2. The van der Waals surface area contributed by atoms with E-state index in [1.54, 1.807) is 0 Å². The first-order valence-electron chi connectivity index (χ1n) is 14.7. The van der Waals surface area contributed by atoms with E-state index in [1.807, 2.05) is 31.3 Å². The summed E-state index contributed by atoms with van der Waals surface area (Å²) in [5.74, 6) is 1.54. The largest absolute Gasteiger partial charge is 0.437 e. The second-order valence-corrected chi connectivity index (χ2v) is 11.6. The minimum atomic E-state index is 0.125. The van der Waals surface area contributed by atoms with Crippen LogP contribution in [-0.2, 0) is 6.42 Å². The van der Waals surface area contributed by atoms with E-state index in [4.69, 9.17) is 9.72 Å². The number of piperazine rings is 1. The lowest BCUT2D eigenvalue weighted by Gasteiger charge is -2.42. The van der Waals surface area contributed by atoms with E-state index in [-0.39, 0.29) is 5.78 Å². The fourth-order valence-corrected chi connectivity index (χ4v) is 6.52. The summed E-state index contributed by atoms with van der Waals surface area (Å²) in [6.45, 7) is 8.95. The molecule has 2 aromatic heterocycles. The molecule has 3 aliphatic rings. The van der Waals surface area contributed by atoms with Crippen molar-refractivity contribution in [1.82, 2.24) is 24.8 Å². The number of nitrogens with zero attached hydrogens (tertiary/aromatic N) is 5. The number of Topliss-reactive ketones (excluding diaryl/α,β-unsaturated/α-hetero) is 1. The zero-order chi connectivity index (χ0) is 27.9. The number of nitrogens with one attached hydrogen (secondary N) is 2. The number of aromatic nitrogens is 3. The molecule has 2 saturated heterocycles. The number of hydrogen-bond acceptors (Lipinski definition) is 8. The highest BCUT2D eigenvalue weighted by molar-refractivity contribution is 6.03. The monoisotopic (exact) mass is 551 g/mol. The van der Waals surface area contributed by atoms with Crippen molar-refractivity contribution in [3.8, 4) is 11.6 Å². The van der Waals surface area contributed by atoms with Crippen molar-refractivity contribution in [2.24, 2.45) is 0 Å². The van der Waals surface area contributed by atoms with Crippen molar-refractivity contribution in [3.05, 3.63) is 65.4 Å². The predicted octanol–water partition coefficient (Wildman–Crippen LogP) is 5.15. The molecular weight excluding hydrogens is 514 g/mol. The summed E-state index contributed by atoms with van der Waals surface area (Å²) >= 11 is 0. The normalized spacial score (nSPS) is 18.7. The van der Waals surface area contributed by atoms with Gasteiger partial charge < -0.3 is 24.8 Å². The lowest BCUT2D eigenvalue weighted by atomic mass is 10.0. The predicted molar refractivity (Wildman–Crippen MR) is 162 cm³/mol. The maximum absolute atomic E-state index is 12.7. The highest BCUT2D eigenvalue weighted by Crippen LogP contribution is 2.37. The molecule has 2 N–H and O–H groups in total. The third-order valence-electron chi connectivity index (χ3n) is 8.98.